The molecule has 0 saturated carbocycles. The van der Waals surface area contributed by atoms with Gasteiger partial charge in [-0.1, -0.05) is 6.07 Å². The number of methoxy groups -OCH3 is 2. The molecule has 30 heavy (non-hydrogen) atoms. The molecule has 1 aliphatic heterocycles. The fourth-order valence-corrected chi connectivity index (χ4v) is 3.92. The highest BCUT2D eigenvalue weighted by Crippen LogP contribution is 2.28. The monoisotopic (exact) mass is 432 g/mol. The van der Waals surface area contributed by atoms with E-state index in [4.69, 9.17) is 9.47 Å². The molecule has 2 aromatic rings. The summed E-state index contributed by atoms with van der Waals surface area (Å²) < 4.78 is 10.5. The predicted octanol–water partition coefficient (Wildman–Crippen LogP) is 2.27. The van der Waals surface area contributed by atoms with Gasteiger partial charge < -0.3 is 20.1 Å². The third kappa shape index (κ3) is 4.70. The Balaban J connectivity index is 1.57. The number of urea groups is 1. The molecule has 0 radical (unpaired) electrons. The van der Waals surface area contributed by atoms with E-state index in [0.29, 0.717) is 23.1 Å². The van der Waals surface area contributed by atoms with Gasteiger partial charge in [0.1, 0.15) is 6.04 Å². The number of aromatic nitrogens is 1. The quantitative estimate of drug-likeness (QED) is 0.620. The number of imide groups is 1. The van der Waals surface area contributed by atoms with E-state index in [1.54, 1.807) is 26.4 Å². The van der Waals surface area contributed by atoms with Crippen LogP contribution in [0.3, 0.4) is 0 Å². The van der Waals surface area contributed by atoms with Crippen molar-refractivity contribution in [1.82, 2.24) is 15.2 Å². The van der Waals surface area contributed by atoms with Crippen molar-refractivity contribution in [3.63, 3.8) is 0 Å². The Hall–Kier alpha value is -3.14. The van der Waals surface area contributed by atoms with E-state index in [1.165, 1.54) is 11.3 Å². The summed E-state index contributed by atoms with van der Waals surface area (Å²) in [5.41, 5.74) is 1.74. The number of aryl methyl sites for hydroxylation is 2. The molecule has 4 amide bonds. The molecule has 0 bridgehead atoms. The Morgan fingerprint density at radius 2 is 1.97 bits per heavy atom. The molecule has 3 rings (SSSR count). The second kappa shape index (κ2) is 9.12. The highest BCUT2D eigenvalue weighted by molar-refractivity contribution is 7.15. The molecule has 1 aliphatic rings. The van der Waals surface area contributed by atoms with Crippen molar-refractivity contribution in [1.29, 1.82) is 0 Å². The Kier molecular flexibility index (Phi) is 6.56. The molecule has 2 heterocycles. The molecule has 1 aromatic heterocycles. The first-order valence-electron chi connectivity index (χ1n) is 9.39. The number of rotatable bonds is 8. The van der Waals surface area contributed by atoms with Gasteiger partial charge in [0.15, 0.2) is 16.6 Å². The second-order valence-corrected chi connectivity index (χ2v) is 8.05. The molecule has 1 fully saturated rings. The minimum atomic E-state index is -0.884. The van der Waals surface area contributed by atoms with Crippen molar-refractivity contribution >= 4 is 34.3 Å². The van der Waals surface area contributed by atoms with Crippen molar-refractivity contribution < 1.29 is 23.9 Å². The third-order valence-corrected chi connectivity index (χ3v) is 5.83. The number of anilines is 1. The van der Waals surface area contributed by atoms with Crippen LogP contribution in [0.15, 0.2) is 18.2 Å². The molecule has 0 unspecified atom stereocenters. The lowest BCUT2D eigenvalue weighted by Gasteiger charge is -2.14. The van der Waals surface area contributed by atoms with Crippen LogP contribution in [0.25, 0.3) is 0 Å². The topological polar surface area (TPSA) is 110 Å². The number of benzene rings is 1. The number of nitrogens with zero attached hydrogens (tertiary/aromatic N) is 2. The van der Waals surface area contributed by atoms with E-state index >= 15 is 0 Å². The summed E-state index contributed by atoms with van der Waals surface area (Å²) >= 11 is 1.37. The van der Waals surface area contributed by atoms with Gasteiger partial charge in [0.25, 0.3) is 5.91 Å². The largest absolute Gasteiger partial charge is 0.493 e. The highest BCUT2D eigenvalue weighted by atomic mass is 32.1. The maximum atomic E-state index is 12.6. The van der Waals surface area contributed by atoms with Crippen molar-refractivity contribution in [3.05, 3.63) is 34.3 Å². The average Bonchev–Trinajstić information content (AvgIpc) is 3.16. The van der Waals surface area contributed by atoms with Crippen LogP contribution in [-0.4, -0.2) is 54.5 Å². The van der Waals surface area contributed by atoms with Gasteiger partial charge in [0, 0.05) is 11.4 Å². The molecule has 0 spiro atoms. The van der Waals surface area contributed by atoms with Crippen molar-refractivity contribution in [3.8, 4) is 11.5 Å². The zero-order chi connectivity index (χ0) is 21.8. The molecule has 1 aromatic carbocycles. The summed E-state index contributed by atoms with van der Waals surface area (Å²) in [6.07, 6.45) is 0.311. The number of carbonyl (C=O) groups is 3. The predicted molar refractivity (Wildman–Crippen MR) is 112 cm³/mol. The van der Waals surface area contributed by atoms with E-state index in [2.05, 4.69) is 15.6 Å². The van der Waals surface area contributed by atoms with Crippen LogP contribution in [0.2, 0.25) is 0 Å². The molecule has 1 saturated heterocycles. The van der Waals surface area contributed by atoms with Crippen molar-refractivity contribution in [2.75, 3.05) is 26.1 Å². The summed E-state index contributed by atoms with van der Waals surface area (Å²) in [5, 5.41) is 5.75. The van der Waals surface area contributed by atoms with Crippen LogP contribution in [0, 0.1) is 13.8 Å². The summed E-state index contributed by atoms with van der Waals surface area (Å²) in [6.45, 7) is 3.97. The standard InChI is InChI=1S/C20H24N4O5S/c1-11-12(2)30-19(21-11)23-17(25)10-14-18(26)24(20(27)22-14)8-7-13-5-6-15(28-3)16(9-13)29-4/h5-6,9,14H,7-8,10H2,1-4H3,(H,22,27)(H,21,23,25)/t14-/m1/s1. The fourth-order valence-electron chi connectivity index (χ4n) is 3.09. The fraction of sp³-hybridized carbons (Fsp3) is 0.400. The van der Waals surface area contributed by atoms with E-state index in [0.717, 1.165) is 21.0 Å². The van der Waals surface area contributed by atoms with Gasteiger partial charge in [-0.3, -0.25) is 14.5 Å². The van der Waals surface area contributed by atoms with E-state index in [1.807, 2.05) is 19.9 Å². The molecular formula is C20H24N4O5S. The zero-order valence-electron chi connectivity index (χ0n) is 17.3. The number of amides is 4. The molecule has 0 aliphatic carbocycles. The Morgan fingerprint density at radius 1 is 1.23 bits per heavy atom. The smallest absolute Gasteiger partial charge is 0.324 e. The zero-order valence-corrected chi connectivity index (χ0v) is 18.1. The Bertz CT molecular complexity index is 955. The minimum Gasteiger partial charge on any atom is -0.493 e. The number of hydrogen-bond acceptors (Lipinski definition) is 7. The summed E-state index contributed by atoms with van der Waals surface area (Å²) in [4.78, 5) is 43.5. The van der Waals surface area contributed by atoms with Crippen LogP contribution < -0.4 is 20.1 Å². The summed E-state index contributed by atoms with van der Waals surface area (Å²) in [6, 6.07) is 4.04. The first-order chi connectivity index (χ1) is 14.3. The second-order valence-electron chi connectivity index (χ2n) is 6.84. The third-order valence-electron chi connectivity index (χ3n) is 4.84. The molecular weight excluding hydrogens is 408 g/mol. The first-order valence-corrected chi connectivity index (χ1v) is 10.2. The van der Waals surface area contributed by atoms with E-state index in [9.17, 15) is 14.4 Å². The minimum absolute atomic E-state index is 0.144. The summed E-state index contributed by atoms with van der Waals surface area (Å²) in [5.74, 6) is 0.397. The van der Waals surface area contributed by atoms with Crippen LogP contribution >= 0.6 is 11.3 Å². The molecule has 160 valence electrons. The van der Waals surface area contributed by atoms with Gasteiger partial charge >= 0.3 is 6.03 Å². The number of thiazole rings is 1. The SMILES string of the molecule is COc1ccc(CCN2C(=O)N[C@H](CC(=O)Nc3nc(C)c(C)s3)C2=O)cc1OC. The van der Waals surface area contributed by atoms with Gasteiger partial charge in [-0.2, -0.15) is 0 Å². The molecule has 9 nitrogen and oxygen atoms in total. The number of hydrogen-bond donors (Lipinski definition) is 2. The van der Waals surface area contributed by atoms with Gasteiger partial charge in [-0.05, 0) is 38.0 Å². The van der Waals surface area contributed by atoms with Crippen molar-refractivity contribution in [2.24, 2.45) is 0 Å². The summed E-state index contributed by atoms with van der Waals surface area (Å²) in [7, 11) is 3.10. The van der Waals surface area contributed by atoms with Crippen LogP contribution in [0.5, 0.6) is 11.5 Å². The Labute approximate surface area is 178 Å². The van der Waals surface area contributed by atoms with Crippen LogP contribution in [0.1, 0.15) is 22.6 Å². The normalized spacial score (nSPS) is 15.9. The highest BCUT2D eigenvalue weighted by Gasteiger charge is 2.38. The van der Waals surface area contributed by atoms with E-state index in [-0.39, 0.29) is 18.9 Å². The van der Waals surface area contributed by atoms with Gasteiger partial charge in [-0.25, -0.2) is 9.78 Å². The van der Waals surface area contributed by atoms with Gasteiger partial charge in [-0.15, -0.1) is 11.3 Å². The van der Waals surface area contributed by atoms with Gasteiger partial charge in [0.2, 0.25) is 5.91 Å². The van der Waals surface area contributed by atoms with Crippen LogP contribution in [-0.2, 0) is 16.0 Å². The number of nitrogens with one attached hydrogen (secondary N) is 2. The Morgan fingerprint density at radius 3 is 2.60 bits per heavy atom. The average molecular weight is 433 g/mol. The first kappa shape index (κ1) is 21.6. The lowest BCUT2D eigenvalue weighted by molar-refractivity contribution is -0.129. The van der Waals surface area contributed by atoms with Crippen molar-refractivity contribution in [2.45, 2.75) is 32.7 Å². The van der Waals surface area contributed by atoms with Gasteiger partial charge in [0.05, 0.1) is 26.3 Å². The molecule has 1 atom stereocenters. The van der Waals surface area contributed by atoms with Crippen LogP contribution in [0.4, 0.5) is 9.93 Å². The lowest BCUT2D eigenvalue weighted by atomic mass is 10.1. The maximum absolute atomic E-state index is 12.6. The maximum Gasteiger partial charge on any atom is 0.324 e. The molecule has 10 heteroatoms. The molecule has 2 N–H and O–H groups in total. The number of carbonyl (C=O) groups excluding carboxylic acids is 3. The number of ether oxygens (including phenoxy) is 2. The van der Waals surface area contributed by atoms with E-state index < -0.39 is 18.0 Å². The lowest BCUT2D eigenvalue weighted by Crippen LogP contribution is -2.34.